The highest BCUT2D eigenvalue weighted by atomic mass is 16.5. The number of carbonyl (C=O) groups is 1. The van der Waals surface area contributed by atoms with Gasteiger partial charge in [0.1, 0.15) is 24.3 Å². The smallest absolute Gasteiger partial charge is 0.305 e. The van der Waals surface area contributed by atoms with Crippen molar-refractivity contribution in [2.75, 3.05) is 26.8 Å². The molecule has 2 heterocycles. The van der Waals surface area contributed by atoms with Gasteiger partial charge in [-0.3, -0.25) is 14.5 Å². The molecule has 8 heteroatoms. The van der Waals surface area contributed by atoms with Gasteiger partial charge in [-0.2, -0.15) is 0 Å². The lowest BCUT2D eigenvalue weighted by molar-refractivity contribution is -0.147. The maximum atomic E-state index is 12.6. The summed E-state index contributed by atoms with van der Waals surface area (Å²) < 4.78 is 10.3. The minimum Gasteiger partial charge on any atom is -0.497 e. The molecule has 1 atom stereocenters. The van der Waals surface area contributed by atoms with Gasteiger partial charge in [0, 0.05) is 38.9 Å². The van der Waals surface area contributed by atoms with E-state index in [1.165, 1.54) is 0 Å². The van der Waals surface area contributed by atoms with Gasteiger partial charge in [-0.15, -0.1) is 0 Å². The number of aromatic amines is 1. The number of nitrogens with one attached hydrogen (secondary N) is 1. The van der Waals surface area contributed by atoms with Gasteiger partial charge in [-0.05, 0) is 24.1 Å². The van der Waals surface area contributed by atoms with Gasteiger partial charge in [0.2, 0.25) is 0 Å². The lowest BCUT2D eigenvalue weighted by atomic mass is 10.1. The Morgan fingerprint density at radius 2 is 2.23 bits per heavy atom. The summed E-state index contributed by atoms with van der Waals surface area (Å²) in [7, 11) is 1.62. The highest BCUT2D eigenvalue weighted by Gasteiger charge is 2.23. The second-order valence-electron chi connectivity index (χ2n) is 7.54. The van der Waals surface area contributed by atoms with Crippen LogP contribution in [0.3, 0.4) is 0 Å². The van der Waals surface area contributed by atoms with Gasteiger partial charge in [0.25, 0.3) is 5.56 Å². The van der Waals surface area contributed by atoms with Crippen LogP contribution in [0.4, 0.5) is 0 Å². The molecule has 30 heavy (non-hydrogen) atoms. The molecule has 0 saturated carbocycles. The third-order valence-electron chi connectivity index (χ3n) is 5.06. The minimum absolute atomic E-state index is 0.0315. The van der Waals surface area contributed by atoms with Crippen molar-refractivity contribution in [3.05, 3.63) is 57.3 Å². The zero-order chi connectivity index (χ0) is 21.5. The molecule has 3 rings (SSSR count). The van der Waals surface area contributed by atoms with Gasteiger partial charge in [-0.25, -0.2) is 4.98 Å². The van der Waals surface area contributed by atoms with E-state index in [0.717, 1.165) is 17.0 Å². The van der Waals surface area contributed by atoms with Crippen LogP contribution in [0.5, 0.6) is 5.75 Å². The molecule has 0 saturated heterocycles. The van der Waals surface area contributed by atoms with Crippen molar-refractivity contribution < 1.29 is 19.4 Å². The van der Waals surface area contributed by atoms with Crippen molar-refractivity contribution in [3.63, 3.8) is 0 Å². The number of esters is 1. The molecule has 1 aromatic carbocycles. The van der Waals surface area contributed by atoms with E-state index in [9.17, 15) is 14.7 Å². The highest BCUT2D eigenvalue weighted by Crippen LogP contribution is 2.17. The average Bonchev–Trinajstić information content (AvgIpc) is 2.73. The Hall–Kier alpha value is -2.71. The normalized spacial score (nSPS) is 14.8. The van der Waals surface area contributed by atoms with Crippen LogP contribution in [0, 0.1) is 0 Å². The van der Waals surface area contributed by atoms with Crippen LogP contribution in [-0.2, 0) is 28.9 Å². The summed E-state index contributed by atoms with van der Waals surface area (Å²) in [6.45, 7) is 3.30. The van der Waals surface area contributed by atoms with Crippen molar-refractivity contribution in [1.29, 1.82) is 0 Å². The number of hydrogen-bond donors (Lipinski definition) is 2. The number of methoxy groups -OCH3 is 1. The second kappa shape index (κ2) is 10.4. The zero-order valence-corrected chi connectivity index (χ0v) is 17.5. The van der Waals surface area contributed by atoms with Crippen LogP contribution in [-0.4, -0.2) is 58.9 Å². The van der Waals surface area contributed by atoms with E-state index in [1.54, 1.807) is 7.11 Å². The molecular weight excluding hydrogens is 386 g/mol. The Morgan fingerprint density at radius 1 is 1.40 bits per heavy atom. The zero-order valence-electron chi connectivity index (χ0n) is 17.5. The van der Waals surface area contributed by atoms with Gasteiger partial charge in [0.15, 0.2) is 0 Å². The Kier molecular flexibility index (Phi) is 7.59. The van der Waals surface area contributed by atoms with E-state index in [-0.39, 0.29) is 18.1 Å². The lowest BCUT2D eigenvalue weighted by Crippen LogP contribution is -2.41. The summed E-state index contributed by atoms with van der Waals surface area (Å²) in [5.74, 6) is 1.09. The maximum absolute atomic E-state index is 12.6. The molecule has 0 bridgehead atoms. The van der Waals surface area contributed by atoms with E-state index in [1.807, 2.05) is 36.1 Å². The van der Waals surface area contributed by atoms with Crippen LogP contribution < -0.4 is 10.3 Å². The summed E-state index contributed by atoms with van der Waals surface area (Å²) in [6, 6.07) is 7.68. The molecule has 2 N–H and O–H groups in total. The quantitative estimate of drug-likeness (QED) is 0.597. The number of nitrogens with zero attached hydrogens (tertiary/aromatic N) is 2. The van der Waals surface area contributed by atoms with Crippen molar-refractivity contribution in [3.8, 4) is 5.75 Å². The number of hydrogen-bond acceptors (Lipinski definition) is 7. The number of fused-ring (bicyclic) bond motifs is 1. The molecule has 0 amide bonds. The number of ether oxygens (including phenoxy) is 2. The standard InChI is InChI=1S/C22H29N3O5/c1-3-5-21(27)30-14-16(26)12-25-9-8-19-18(13-25)22(28)24-20(23-19)11-15-6-4-7-17(10-15)29-2/h4,6-7,10,16,26H,3,5,8-9,11-14H2,1-2H3,(H,23,24,28). The molecule has 0 spiro atoms. The second-order valence-corrected chi connectivity index (χ2v) is 7.54. The number of β-amino-alcohol motifs (C(OH)–C–C–N with tert-alkyl or cyclic N) is 1. The molecule has 162 valence electrons. The predicted molar refractivity (Wildman–Crippen MR) is 112 cm³/mol. The Morgan fingerprint density at radius 3 is 3.00 bits per heavy atom. The first-order valence-electron chi connectivity index (χ1n) is 10.3. The molecule has 0 radical (unpaired) electrons. The monoisotopic (exact) mass is 415 g/mol. The molecule has 1 aromatic heterocycles. The van der Waals surface area contributed by atoms with Crippen LogP contribution >= 0.6 is 0 Å². The molecule has 0 fully saturated rings. The highest BCUT2D eigenvalue weighted by molar-refractivity contribution is 5.69. The largest absolute Gasteiger partial charge is 0.497 e. The molecule has 1 aliphatic rings. The predicted octanol–water partition coefficient (Wildman–Crippen LogP) is 1.43. The van der Waals surface area contributed by atoms with Crippen molar-refractivity contribution in [1.82, 2.24) is 14.9 Å². The van der Waals surface area contributed by atoms with E-state index >= 15 is 0 Å². The maximum Gasteiger partial charge on any atom is 0.305 e. The molecule has 2 aromatic rings. The van der Waals surface area contributed by atoms with Gasteiger partial charge >= 0.3 is 5.97 Å². The number of aliphatic hydroxyl groups excluding tert-OH is 1. The molecule has 1 aliphatic heterocycles. The first kappa shape index (κ1) is 22.0. The third-order valence-corrected chi connectivity index (χ3v) is 5.06. The summed E-state index contributed by atoms with van der Waals surface area (Å²) in [4.78, 5) is 33.6. The Bertz CT molecular complexity index is 927. The van der Waals surface area contributed by atoms with E-state index in [2.05, 4.69) is 9.97 Å². The summed E-state index contributed by atoms with van der Waals surface area (Å²) in [6.07, 6.45) is 1.43. The Labute approximate surface area is 175 Å². The van der Waals surface area contributed by atoms with Crippen LogP contribution in [0.1, 0.15) is 42.4 Å². The molecule has 0 aliphatic carbocycles. The number of benzene rings is 1. The summed E-state index contributed by atoms with van der Waals surface area (Å²) in [5, 5.41) is 10.2. The van der Waals surface area contributed by atoms with E-state index in [0.29, 0.717) is 56.7 Å². The van der Waals surface area contributed by atoms with Crippen LogP contribution in [0.15, 0.2) is 29.1 Å². The molecular formula is C22H29N3O5. The fraction of sp³-hybridized carbons (Fsp3) is 0.500. The number of carbonyl (C=O) groups excluding carboxylic acids is 1. The van der Waals surface area contributed by atoms with Crippen molar-refractivity contribution >= 4 is 5.97 Å². The SMILES string of the molecule is CCCC(=O)OCC(O)CN1CCc2nc(Cc3cccc(OC)c3)[nH]c(=O)c2C1. The number of aromatic nitrogens is 2. The first-order valence-corrected chi connectivity index (χ1v) is 10.3. The van der Waals surface area contributed by atoms with Crippen LogP contribution in [0.25, 0.3) is 0 Å². The van der Waals surface area contributed by atoms with Crippen molar-refractivity contribution in [2.45, 2.75) is 45.3 Å². The number of H-pyrrole nitrogens is 1. The van der Waals surface area contributed by atoms with Gasteiger partial charge in [-0.1, -0.05) is 19.1 Å². The third kappa shape index (κ3) is 5.90. The number of rotatable bonds is 9. The fourth-order valence-corrected chi connectivity index (χ4v) is 3.56. The topological polar surface area (TPSA) is 105 Å². The van der Waals surface area contributed by atoms with Gasteiger partial charge in [0.05, 0.1) is 18.4 Å². The fourth-order valence-electron chi connectivity index (χ4n) is 3.56. The van der Waals surface area contributed by atoms with E-state index in [4.69, 9.17) is 9.47 Å². The average molecular weight is 415 g/mol. The van der Waals surface area contributed by atoms with Crippen molar-refractivity contribution in [2.24, 2.45) is 0 Å². The Balaban J connectivity index is 1.61. The van der Waals surface area contributed by atoms with Crippen LogP contribution in [0.2, 0.25) is 0 Å². The molecule has 8 nitrogen and oxygen atoms in total. The van der Waals surface area contributed by atoms with Gasteiger partial charge < -0.3 is 19.6 Å². The number of aliphatic hydroxyl groups is 1. The summed E-state index contributed by atoms with van der Waals surface area (Å²) in [5.41, 5.74) is 2.30. The first-order chi connectivity index (χ1) is 14.5. The lowest BCUT2D eigenvalue weighted by Gasteiger charge is -2.29. The minimum atomic E-state index is -0.785. The summed E-state index contributed by atoms with van der Waals surface area (Å²) >= 11 is 0. The molecule has 1 unspecified atom stereocenters. The van der Waals surface area contributed by atoms with E-state index < -0.39 is 6.10 Å².